The highest BCUT2D eigenvalue weighted by Gasteiger charge is 2.43. The predicted octanol–water partition coefficient (Wildman–Crippen LogP) is 7.26. The van der Waals surface area contributed by atoms with E-state index in [-0.39, 0.29) is 17.1 Å². The molecule has 0 heterocycles. The van der Waals surface area contributed by atoms with E-state index in [2.05, 4.69) is 66.8 Å². The highest BCUT2D eigenvalue weighted by molar-refractivity contribution is 6.74. The minimum absolute atomic E-state index is 0.0140. The van der Waals surface area contributed by atoms with Crippen LogP contribution in [-0.2, 0) is 20.6 Å². The quantitative estimate of drug-likeness (QED) is 0.306. The summed E-state index contributed by atoms with van der Waals surface area (Å²) in [7, 11) is -1.97. The lowest BCUT2D eigenvalue weighted by atomic mass is 9.82. The van der Waals surface area contributed by atoms with E-state index in [9.17, 15) is 4.79 Å². The Morgan fingerprint density at radius 1 is 1.07 bits per heavy atom. The van der Waals surface area contributed by atoms with Gasteiger partial charge in [-0.25, -0.2) is 0 Å². The first kappa shape index (κ1) is 27.1. The molecule has 0 saturated heterocycles. The number of hydrogen-bond donors (Lipinski definition) is 0. The van der Waals surface area contributed by atoms with Crippen molar-refractivity contribution in [3.8, 4) is 0 Å². The first-order chi connectivity index (χ1) is 13.9. The monoisotopic (exact) mass is 434 g/mol. The van der Waals surface area contributed by atoms with Gasteiger partial charge in [-0.2, -0.15) is 0 Å². The summed E-state index contributed by atoms with van der Waals surface area (Å²) in [6.07, 6.45) is 2.41. The Morgan fingerprint density at radius 3 is 2.17 bits per heavy atom. The molecular weight excluding hydrogens is 388 g/mol. The van der Waals surface area contributed by atoms with Crippen LogP contribution in [0.4, 0.5) is 0 Å². The summed E-state index contributed by atoms with van der Waals surface area (Å²) < 4.78 is 12.9. The molecule has 1 rings (SSSR count). The molecule has 0 aliphatic carbocycles. The molecule has 0 aliphatic rings. The van der Waals surface area contributed by atoms with Gasteiger partial charge < -0.3 is 9.16 Å². The van der Waals surface area contributed by atoms with E-state index in [0.29, 0.717) is 30.6 Å². The Bertz CT molecular complexity index is 621. The normalized spacial score (nSPS) is 16.7. The fraction of sp³-hybridized carbons (Fsp3) is 0.731. The highest BCUT2D eigenvalue weighted by atomic mass is 28.4. The van der Waals surface area contributed by atoms with Crippen LogP contribution in [0.25, 0.3) is 0 Å². The van der Waals surface area contributed by atoms with Gasteiger partial charge in [0.1, 0.15) is 5.78 Å². The lowest BCUT2D eigenvalue weighted by Gasteiger charge is -2.43. The van der Waals surface area contributed by atoms with E-state index in [1.54, 1.807) is 0 Å². The number of rotatable bonds is 13. The zero-order chi connectivity index (χ0) is 22.9. The van der Waals surface area contributed by atoms with Gasteiger partial charge in [0.15, 0.2) is 8.32 Å². The van der Waals surface area contributed by atoms with Crippen LogP contribution in [0, 0.1) is 17.8 Å². The van der Waals surface area contributed by atoms with Crippen molar-refractivity contribution in [3.63, 3.8) is 0 Å². The van der Waals surface area contributed by atoms with Gasteiger partial charge in [0, 0.05) is 18.9 Å². The predicted molar refractivity (Wildman–Crippen MR) is 130 cm³/mol. The van der Waals surface area contributed by atoms with Crippen LogP contribution in [0.15, 0.2) is 30.3 Å². The lowest BCUT2D eigenvalue weighted by Crippen LogP contribution is -2.49. The van der Waals surface area contributed by atoms with Crippen LogP contribution < -0.4 is 0 Å². The SMILES string of the molecule is CCC(=O)[C@H](CC)[C@@H](O[Si](C)(C)C(C)(C)C)[C@@H](C)C[C@@H](C)COCc1ccccc1. The van der Waals surface area contributed by atoms with Crippen molar-refractivity contribution in [2.45, 2.75) is 98.6 Å². The summed E-state index contributed by atoms with van der Waals surface area (Å²) in [5.41, 5.74) is 1.21. The van der Waals surface area contributed by atoms with Gasteiger partial charge in [0.25, 0.3) is 0 Å². The zero-order valence-corrected chi connectivity index (χ0v) is 22.0. The summed E-state index contributed by atoms with van der Waals surface area (Å²) in [6.45, 7) is 21.4. The molecule has 172 valence electrons. The van der Waals surface area contributed by atoms with E-state index in [1.807, 2.05) is 25.1 Å². The van der Waals surface area contributed by atoms with Crippen LogP contribution in [-0.4, -0.2) is 26.8 Å². The largest absolute Gasteiger partial charge is 0.413 e. The Hall–Kier alpha value is -0.973. The number of carbonyl (C=O) groups excluding carboxylic acids is 1. The maximum absolute atomic E-state index is 12.7. The molecule has 3 nitrogen and oxygen atoms in total. The zero-order valence-electron chi connectivity index (χ0n) is 21.0. The van der Waals surface area contributed by atoms with Gasteiger partial charge in [0.2, 0.25) is 0 Å². The van der Waals surface area contributed by atoms with Crippen LogP contribution >= 0.6 is 0 Å². The molecular formula is C26H46O3Si. The smallest absolute Gasteiger partial charge is 0.192 e. The second-order valence-corrected chi connectivity index (χ2v) is 15.3. The topological polar surface area (TPSA) is 35.5 Å². The number of hydrogen-bond acceptors (Lipinski definition) is 3. The van der Waals surface area contributed by atoms with Crippen molar-refractivity contribution in [1.82, 2.24) is 0 Å². The average molecular weight is 435 g/mol. The second-order valence-electron chi connectivity index (χ2n) is 10.5. The Morgan fingerprint density at radius 2 is 1.67 bits per heavy atom. The standard InChI is InChI=1S/C26H46O3Si/c1-10-23(24(27)11-2)25(29-30(8,9)26(5,6)7)21(4)17-20(3)18-28-19-22-15-13-12-14-16-22/h12-16,20-21,23,25H,10-11,17-19H2,1-9H3/t20-,21+,23+,25+/m1/s1. The molecule has 0 spiro atoms. The summed E-state index contributed by atoms with van der Waals surface area (Å²) >= 11 is 0. The van der Waals surface area contributed by atoms with Crippen molar-refractivity contribution in [2.24, 2.45) is 17.8 Å². The third kappa shape index (κ3) is 8.28. The number of ketones is 1. The molecule has 0 radical (unpaired) electrons. The average Bonchev–Trinajstić information content (AvgIpc) is 2.67. The molecule has 0 N–H and O–H groups in total. The number of ether oxygens (including phenoxy) is 1. The van der Waals surface area contributed by atoms with Crippen molar-refractivity contribution in [3.05, 3.63) is 35.9 Å². The van der Waals surface area contributed by atoms with Gasteiger partial charge in [-0.05, 0) is 48.4 Å². The number of Topliss-reactive ketones (excluding diaryl/α,β-unsaturated/α-hetero) is 1. The Kier molecular flexibility index (Phi) is 11.0. The third-order valence-electron chi connectivity index (χ3n) is 6.68. The van der Waals surface area contributed by atoms with E-state index in [0.717, 1.165) is 19.4 Å². The van der Waals surface area contributed by atoms with E-state index in [4.69, 9.17) is 9.16 Å². The lowest BCUT2D eigenvalue weighted by molar-refractivity contribution is -0.127. The summed E-state index contributed by atoms with van der Waals surface area (Å²) in [4.78, 5) is 12.7. The Balaban J connectivity index is 2.82. The van der Waals surface area contributed by atoms with Crippen LogP contribution in [0.1, 0.15) is 73.3 Å². The van der Waals surface area contributed by atoms with E-state index < -0.39 is 8.32 Å². The first-order valence-corrected chi connectivity index (χ1v) is 14.7. The maximum atomic E-state index is 12.7. The van der Waals surface area contributed by atoms with Crippen molar-refractivity contribution in [2.75, 3.05) is 6.61 Å². The van der Waals surface area contributed by atoms with Crippen LogP contribution in [0.2, 0.25) is 18.1 Å². The molecule has 0 amide bonds. The molecule has 0 fully saturated rings. The molecule has 1 aromatic rings. The minimum Gasteiger partial charge on any atom is -0.413 e. The first-order valence-electron chi connectivity index (χ1n) is 11.7. The highest BCUT2D eigenvalue weighted by Crippen LogP contribution is 2.40. The van der Waals surface area contributed by atoms with E-state index >= 15 is 0 Å². The summed E-state index contributed by atoms with van der Waals surface area (Å²) in [5.74, 6) is 1.05. The minimum atomic E-state index is -1.97. The van der Waals surface area contributed by atoms with Gasteiger partial charge in [-0.3, -0.25) is 4.79 Å². The molecule has 0 aliphatic heterocycles. The molecule has 0 unspecified atom stereocenters. The molecule has 1 aromatic carbocycles. The maximum Gasteiger partial charge on any atom is 0.192 e. The second kappa shape index (κ2) is 12.2. The van der Waals surface area contributed by atoms with Crippen molar-refractivity contribution < 1.29 is 14.0 Å². The molecule has 4 heteroatoms. The van der Waals surface area contributed by atoms with Gasteiger partial charge in [0.05, 0.1) is 12.7 Å². The molecule has 0 aromatic heterocycles. The van der Waals surface area contributed by atoms with Crippen LogP contribution in [0.5, 0.6) is 0 Å². The van der Waals surface area contributed by atoms with Crippen molar-refractivity contribution >= 4 is 14.1 Å². The fourth-order valence-electron chi connectivity index (χ4n) is 3.81. The summed E-state index contributed by atoms with van der Waals surface area (Å²) in [5, 5.41) is 0.128. The Labute approximate surface area is 187 Å². The third-order valence-corrected chi connectivity index (χ3v) is 11.2. The molecule has 30 heavy (non-hydrogen) atoms. The van der Waals surface area contributed by atoms with Gasteiger partial charge >= 0.3 is 0 Å². The fourth-order valence-corrected chi connectivity index (χ4v) is 5.24. The summed E-state index contributed by atoms with van der Waals surface area (Å²) in [6, 6.07) is 10.3. The molecule has 4 atom stereocenters. The van der Waals surface area contributed by atoms with Gasteiger partial charge in [-0.1, -0.05) is 78.8 Å². The molecule has 0 bridgehead atoms. The van der Waals surface area contributed by atoms with Crippen LogP contribution in [0.3, 0.4) is 0 Å². The van der Waals surface area contributed by atoms with Crippen molar-refractivity contribution in [1.29, 1.82) is 0 Å². The molecule has 0 saturated carbocycles. The number of carbonyl (C=O) groups is 1. The number of benzene rings is 1. The van der Waals surface area contributed by atoms with Gasteiger partial charge in [-0.15, -0.1) is 0 Å². The van der Waals surface area contributed by atoms with E-state index in [1.165, 1.54) is 5.56 Å².